The second kappa shape index (κ2) is 61.7. The molecule has 72 heavy (non-hydrogen) atoms. The van der Waals surface area contributed by atoms with Gasteiger partial charge in [0.15, 0.2) is 6.10 Å². The molecule has 0 heterocycles. The van der Waals surface area contributed by atoms with Gasteiger partial charge in [0, 0.05) is 19.3 Å². The van der Waals surface area contributed by atoms with E-state index >= 15 is 0 Å². The van der Waals surface area contributed by atoms with Crippen molar-refractivity contribution in [3.63, 3.8) is 0 Å². The zero-order valence-electron chi connectivity index (χ0n) is 49.0. The zero-order valence-corrected chi connectivity index (χ0v) is 49.0. The third-order valence-electron chi connectivity index (χ3n) is 15.0. The van der Waals surface area contributed by atoms with Crippen LogP contribution in [0.5, 0.6) is 0 Å². The van der Waals surface area contributed by atoms with Gasteiger partial charge >= 0.3 is 17.9 Å². The summed E-state index contributed by atoms with van der Waals surface area (Å²) in [4.78, 5) is 38.3. The minimum atomic E-state index is -0.769. The number of hydrogen-bond acceptors (Lipinski definition) is 6. The lowest BCUT2D eigenvalue weighted by molar-refractivity contribution is -0.167. The Morgan fingerprint density at radius 3 is 0.694 bits per heavy atom. The summed E-state index contributed by atoms with van der Waals surface area (Å²) >= 11 is 0. The van der Waals surface area contributed by atoms with E-state index in [2.05, 4.69) is 32.9 Å². The summed E-state index contributed by atoms with van der Waals surface area (Å²) in [5.41, 5.74) is 0. The Morgan fingerprint density at radius 1 is 0.264 bits per heavy atom. The van der Waals surface area contributed by atoms with Gasteiger partial charge in [-0.05, 0) is 44.9 Å². The molecule has 0 aromatic rings. The van der Waals surface area contributed by atoms with E-state index in [1.165, 1.54) is 270 Å². The average Bonchev–Trinajstić information content (AvgIpc) is 3.38. The van der Waals surface area contributed by atoms with E-state index in [0.717, 1.165) is 64.2 Å². The van der Waals surface area contributed by atoms with Crippen LogP contribution in [0.15, 0.2) is 12.2 Å². The Balaban J connectivity index is 4.27. The van der Waals surface area contributed by atoms with Crippen LogP contribution in [0.3, 0.4) is 0 Å². The first-order chi connectivity index (χ1) is 35.5. The molecular weight excluding hydrogens is 889 g/mol. The predicted octanol–water partition coefficient (Wildman–Crippen LogP) is 22.1. The van der Waals surface area contributed by atoms with Gasteiger partial charge in [-0.2, -0.15) is 0 Å². The topological polar surface area (TPSA) is 78.9 Å². The second-order valence-corrected chi connectivity index (χ2v) is 22.4. The number of allylic oxidation sites excluding steroid dienone is 2. The van der Waals surface area contributed by atoms with Crippen molar-refractivity contribution in [2.45, 2.75) is 380 Å². The summed E-state index contributed by atoms with van der Waals surface area (Å²) in [7, 11) is 0. The average molecular weight is 1020 g/mol. The van der Waals surface area contributed by atoms with Crippen LogP contribution in [-0.2, 0) is 28.6 Å². The quantitative estimate of drug-likeness (QED) is 0.0261. The molecule has 0 fully saturated rings. The maximum absolute atomic E-state index is 12.9. The highest BCUT2D eigenvalue weighted by Gasteiger charge is 2.19. The van der Waals surface area contributed by atoms with E-state index in [4.69, 9.17) is 14.2 Å². The number of hydrogen-bond donors (Lipinski definition) is 0. The molecule has 0 aromatic heterocycles. The monoisotopic (exact) mass is 1010 g/mol. The fraction of sp³-hybridized carbons (Fsp3) is 0.924. The molecule has 0 bridgehead atoms. The van der Waals surface area contributed by atoms with Gasteiger partial charge in [-0.3, -0.25) is 14.4 Å². The molecule has 1 atom stereocenters. The molecule has 0 aliphatic rings. The summed E-state index contributed by atoms with van der Waals surface area (Å²) in [5.74, 6) is -0.843. The number of rotatable bonds is 61. The Kier molecular flexibility index (Phi) is 60.1. The van der Waals surface area contributed by atoms with Crippen molar-refractivity contribution in [1.29, 1.82) is 0 Å². The Bertz CT molecular complexity index is 1120. The fourth-order valence-electron chi connectivity index (χ4n) is 10.1. The molecule has 0 saturated carbocycles. The van der Waals surface area contributed by atoms with Gasteiger partial charge in [0.1, 0.15) is 13.2 Å². The number of unbranched alkanes of at least 4 members (excludes halogenated alkanes) is 48. The Hall–Kier alpha value is -1.85. The van der Waals surface area contributed by atoms with Gasteiger partial charge in [-0.15, -0.1) is 0 Å². The molecule has 0 amide bonds. The van der Waals surface area contributed by atoms with Crippen LogP contribution in [0.2, 0.25) is 0 Å². The van der Waals surface area contributed by atoms with E-state index in [9.17, 15) is 14.4 Å². The maximum Gasteiger partial charge on any atom is 0.306 e. The highest BCUT2D eigenvalue weighted by molar-refractivity contribution is 5.71. The zero-order chi connectivity index (χ0) is 52.2. The Labute approximate surface area is 450 Å². The fourth-order valence-corrected chi connectivity index (χ4v) is 10.1. The van der Waals surface area contributed by atoms with Gasteiger partial charge in [-0.1, -0.05) is 322 Å². The third kappa shape index (κ3) is 59.0. The van der Waals surface area contributed by atoms with E-state index in [-0.39, 0.29) is 31.1 Å². The minimum Gasteiger partial charge on any atom is -0.462 e. The first kappa shape index (κ1) is 70.1. The van der Waals surface area contributed by atoms with Crippen molar-refractivity contribution in [2.75, 3.05) is 13.2 Å². The maximum atomic E-state index is 12.9. The summed E-state index contributed by atoms with van der Waals surface area (Å²) in [6.45, 7) is 6.71. The van der Waals surface area contributed by atoms with Gasteiger partial charge in [-0.25, -0.2) is 0 Å². The molecule has 0 rings (SSSR count). The van der Waals surface area contributed by atoms with Crippen LogP contribution < -0.4 is 0 Å². The van der Waals surface area contributed by atoms with Crippen molar-refractivity contribution in [3.05, 3.63) is 12.2 Å². The molecular formula is C66H126O6. The van der Waals surface area contributed by atoms with Gasteiger partial charge in [0.05, 0.1) is 0 Å². The van der Waals surface area contributed by atoms with E-state index in [1.807, 2.05) is 0 Å². The lowest BCUT2D eigenvalue weighted by atomic mass is 10.0. The summed E-state index contributed by atoms with van der Waals surface area (Å²) in [5, 5.41) is 0. The van der Waals surface area contributed by atoms with Gasteiger partial charge in [0.2, 0.25) is 0 Å². The first-order valence-corrected chi connectivity index (χ1v) is 32.7. The molecule has 426 valence electrons. The van der Waals surface area contributed by atoms with Crippen LogP contribution >= 0.6 is 0 Å². The summed E-state index contributed by atoms with van der Waals surface area (Å²) in [6.07, 6.45) is 72.2. The molecule has 0 aliphatic heterocycles. The largest absolute Gasteiger partial charge is 0.462 e. The standard InChI is InChI=1S/C66H126O6/c1-4-7-10-13-16-19-22-25-28-30-32-34-36-38-41-44-47-50-53-56-59-65(68)71-62-63(61-70-64(67)58-55-52-49-46-43-40-27-24-21-18-15-12-9-6-3)72-66(69)60-57-54-51-48-45-42-39-37-35-33-31-29-26-23-20-17-14-11-8-5-2/h24,27,63H,4-23,25-26,28-62H2,1-3H3/b27-24-. The van der Waals surface area contributed by atoms with Crippen LogP contribution in [-0.4, -0.2) is 37.2 Å². The van der Waals surface area contributed by atoms with Crippen molar-refractivity contribution in [2.24, 2.45) is 0 Å². The minimum absolute atomic E-state index is 0.0659. The molecule has 0 saturated heterocycles. The van der Waals surface area contributed by atoms with Gasteiger partial charge in [0.25, 0.3) is 0 Å². The molecule has 0 spiro atoms. The Morgan fingerprint density at radius 2 is 0.458 bits per heavy atom. The van der Waals surface area contributed by atoms with E-state index < -0.39 is 6.10 Å². The smallest absolute Gasteiger partial charge is 0.306 e. The number of esters is 3. The van der Waals surface area contributed by atoms with Crippen LogP contribution in [0.25, 0.3) is 0 Å². The lowest BCUT2D eigenvalue weighted by Crippen LogP contribution is -2.30. The van der Waals surface area contributed by atoms with E-state index in [1.54, 1.807) is 0 Å². The molecule has 0 aliphatic carbocycles. The van der Waals surface area contributed by atoms with Crippen molar-refractivity contribution in [1.82, 2.24) is 0 Å². The normalized spacial score (nSPS) is 12.0. The first-order valence-electron chi connectivity index (χ1n) is 32.7. The number of ether oxygens (including phenoxy) is 3. The predicted molar refractivity (Wildman–Crippen MR) is 312 cm³/mol. The molecule has 1 unspecified atom stereocenters. The molecule has 0 aromatic carbocycles. The SMILES string of the molecule is CCCCCCC/C=C\CCCCCCCC(=O)OCC(COC(=O)CCCCCCCCCCCCCCCCCCCCCC)OC(=O)CCCCCCCCCCCCCCCCCCCCCC. The highest BCUT2D eigenvalue weighted by atomic mass is 16.6. The van der Waals surface area contributed by atoms with E-state index in [0.29, 0.717) is 19.3 Å². The van der Waals surface area contributed by atoms with Crippen LogP contribution in [0, 0.1) is 0 Å². The highest BCUT2D eigenvalue weighted by Crippen LogP contribution is 2.18. The van der Waals surface area contributed by atoms with Gasteiger partial charge < -0.3 is 14.2 Å². The molecule has 6 heteroatoms. The number of carbonyl (C=O) groups is 3. The third-order valence-corrected chi connectivity index (χ3v) is 15.0. The van der Waals surface area contributed by atoms with Crippen LogP contribution in [0.4, 0.5) is 0 Å². The van der Waals surface area contributed by atoms with Crippen LogP contribution in [0.1, 0.15) is 374 Å². The van der Waals surface area contributed by atoms with Crippen molar-refractivity contribution >= 4 is 17.9 Å². The second-order valence-electron chi connectivity index (χ2n) is 22.4. The molecule has 0 N–H and O–H groups in total. The van der Waals surface area contributed by atoms with Crippen molar-refractivity contribution < 1.29 is 28.6 Å². The summed E-state index contributed by atoms with van der Waals surface area (Å²) < 4.78 is 17.0. The molecule has 0 radical (unpaired) electrons. The van der Waals surface area contributed by atoms with Crippen molar-refractivity contribution in [3.8, 4) is 0 Å². The molecule has 6 nitrogen and oxygen atoms in total. The number of carbonyl (C=O) groups excluding carboxylic acids is 3. The summed E-state index contributed by atoms with van der Waals surface area (Å²) in [6, 6.07) is 0. The lowest BCUT2D eigenvalue weighted by Gasteiger charge is -2.18.